The Morgan fingerprint density at radius 3 is 2.36 bits per heavy atom. The lowest BCUT2D eigenvalue weighted by atomic mass is 10.1. The molecule has 1 aromatic carbocycles. The largest absolute Gasteiger partial charge is 0.436 e. The van der Waals surface area contributed by atoms with Crippen molar-refractivity contribution >= 4 is 17.5 Å². The Morgan fingerprint density at radius 1 is 1.14 bits per heavy atom. The fourth-order valence-electron chi connectivity index (χ4n) is 3.27. The van der Waals surface area contributed by atoms with Gasteiger partial charge in [-0.25, -0.2) is 0 Å². The molecule has 0 spiro atoms. The third kappa shape index (κ3) is 4.50. The van der Waals surface area contributed by atoms with Gasteiger partial charge in [0, 0.05) is 32.7 Å². The second-order valence-electron chi connectivity index (χ2n) is 6.99. The van der Waals surface area contributed by atoms with Crippen molar-refractivity contribution in [3.63, 3.8) is 0 Å². The average Bonchev–Trinajstić information content (AvgIpc) is 2.93. The van der Waals surface area contributed by atoms with E-state index >= 15 is 0 Å². The summed E-state index contributed by atoms with van der Waals surface area (Å²) in [7, 11) is 0. The van der Waals surface area contributed by atoms with Crippen LogP contribution in [0.1, 0.15) is 22.5 Å². The Morgan fingerprint density at radius 2 is 1.79 bits per heavy atom. The molecule has 5 nitrogen and oxygen atoms in total. The van der Waals surface area contributed by atoms with E-state index in [-0.39, 0.29) is 18.1 Å². The molecule has 152 valence electrons. The number of piperazine rings is 1. The first-order chi connectivity index (χ1) is 13.2. The van der Waals surface area contributed by atoms with Gasteiger partial charge < -0.3 is 4.90 Å². The van der Waals surface area contributed by atoms with Gasteiger partial charge in [0.15, 0.2) is 5.69 Å². The molecule has 1 aliphatic heterocycles. The second kappa shape index (κ2) is 8.13. The van der Waals surface area contributed by atoms with Crippen LogP contribution in [0.3, 0.4) is 0 Å². The SMILES string of the molecule is Cc1ccccc1CN1CCN(C(=O)Cn2nc(C(F)(F)F)c(Cl)c2C)CC1. The summed E-state index contributed by atoms with van der Waals surface area (Å²) in [4.78, 5) is 16.5. The predicted molar refractivity (Wildman–Crippen MR) is 100 cm³/mol. The van der Waals surface area contributed by atoms with E-state index in [1.54, 1.807) is 4.90 Å². The number of aryl methyl sites for hydroxylation is 1. The van der Waals surface area contributed by atoms with Crippen LogP contribution in [-0.4, -0.2) is 51.7 Å². The molecule has 0 radical (unpaired) electrons. The minimum Gasteiger partial charge on any atom is -0.339 e. The predicted octanol–water partition coefficient (Wildman–Crippen LogP) is 3.52. The van der Waals surface area contributed by atoms with Crippen molar-refractivity contribution in [1.82, 2.24) is 19.6 Å². The number of aromatic nitrogens is 2. The number of benzene rings is 1. The van der Waals surface area contributed by atoms with Crippen LogP contribution in [0.2, 0.25) is 5.02 Å². The number of alkyl halides is 3. The summed E-state index contributed by atoms with van der Waals surface area (Å²) in [6.07, 6.45) is -4.64. The lowest BCUT2D eigenvalue weighted by molar-refractivity contribution is -0.142. The summed E-state index contributed by atoms with van der Waals surface area (Å²) in [5.74, 6) is -0.258. The van der Waals surface area contributed by atoms with Crippen molar-refractivity contribution in [2.75, 3.05) is 26.2 Å². The average molecular weight is 415 g/mol. The molecule has 3 rings (SSSR count). The zero-order valence-electron chi connectivity index (χ0n) is 15.8. The first kappa shape index (κ1) is 20.7. The van der Waals surface area contributed by atoms with Crippen molar-refractivity contribution in [3.8, 4) is 0 Å². The summed E-state index contributed by atoms with van der Waals surface area (Å²) >= 11 is 5.74. The van der Waals surface area contributed by atoms with Crippen LogP contribution in [0.5, 0.6) is 0 Å². The zero-order chi connectivity index (χ0) is 20.5. The van der Waals surface area contributed by atoms with Gasteiger partial charge in [-0.05, 0) is 25.0 Å². The van der Waals surface area contributed by atoms with Gasteiger partial charge in [0.2, 0.25) is 5.91 Å². The molecule has 1 aromatic heterocycles. The number of carbonyl (C=O) groups is 1. The van der Waals surface area contributed by atoms with Gasteiger partial charge in [-0.2, -0.15) is 18.3 Å². The van der Waals surface area contributed by atoms with Gasteiger partial charge in [-0.3, -0.25) is 14.4 Å². The summed E-state index contributed by atoms with van der Waals surface area (Å²) in [6.45, 7) is 6.56. The first-order valence-corrected chi connectivity index (χ1v) is 9.39. The highest BCUT2D eigenvalue weighted by Crippen LogP contribution is 2.35. The number of halogens is 4. The molecule has 0 atom stereocenters. The molecule has 0 N–H and O–H groups in total. The van der Waals surface area contributed by atoms with Crippen molar-refractivity contribution < 1.29 is 18.0 Å². The second-order valence-corrected chi connectivity index (χ2v) is 7.36. The molecular weight excluding hydrogens is 393 g/mol. The minimum atomic E-state index is -4.64. The van der Waals surface area contributed by atoms with Crippen molar-refractivity contribution in [1.29, 1.82) is 0 Å². The smallest absolute Gasteiger partial charge is 0.339 e. The monoisotopic (exact) mass is 414 g/mol. The highest BCUT2D eigenvalue weighted by atomic mass is 35.5. The highest BCUT2D eigenvalue weighted by Gasteiger charge is 2.38. The third-order valence-electron chi connectivity index (χ3n) is 5.07. The molecular formula is C19H22ClF3N4O. The molecule has 1 amide bonds. The van der Waals surface area contributed by atoms with Crippen LogP contribution < -0.4 is 0 Å². The van der Waals surface area contributed by atoms with Crippen molar-refractivity contribution in [3.05, 3.63) is 51.8 Å². The first-order valence-electron chi connectivity index (χ1n) is 9.01. The quantitative estimate of drug-likeness (QED) is 0.768. The Labute approximate surface area is 166 Å². The Bertz CT molecular complexity index is 857. The summed E-state index contributed by atoms with van der Waals surface area (Å²) < 4.78 is 39.8. The lowest BCUT2D eigenvalue weighted by Crippen LogP contribution is -2.49. The minimum absolute atomic E-state index is 0.139. The van der Waals surface area contributed by atoms with Gasteiger partial charge in [0.05, 0.1) is 10.7 Å². The Hall–Kier alpha value is -2.06. The molecule has 1 fully saturated rings. The van der Waals surface area contributed by atoms with Gasteiger partial charge in [0.25, 0.3) is 0 Å². The number of amides is 1. The third-order valence-corrected chi connectivity index (χ3v) is 5.52. The number of hydrogen-bond donors (Lipinski definition) is 0. The van der Waals surface area contributed by atoms with Crippen LogP contribution in [0.15, 0.2) is 24.3 Å². The van der Waals surface area contributed by atoms with Gasteiger partial charge in [0.1, 0.15) is 6.54 Å². The molecule has 1 saturated heterocycles. The van der Waals surface area contributed by atoms with E-state index in [1.165, 1.54) is 18.1 Å². The molecule has 1 aliphatic rings. The van der Waals surface area contributed by atoms with Crippen molar-refractivity contribution in [2.45, 2.75) is 33.1 Å². The van der Waals surface area contributed by atoms with E-state index in [0.29, 0.717) is 26.2 Å². The van der Waals surface area contributed by atoms with Crippen LogP contribution in [0.4, 0.5) is 13.2 Å². The molecule has 0 saturated carbocycles. The van der Waals surface area contributed by atoms with Crippen LogP contribution in [0.25, 0.3) is 0 Å². The Kier molecular flexibility index (Phi) is 6.00. The summed E-state index contributed by atoms with van der Waals surface area (Å²) in [5.41, 5.74) is 1.47. The normalized spacial score (nSPS) is 15.9. The van der Waals surface area contributed by atoms with E-state index in [4.69, 9.17) is 11.6 Å². The van der Waals surface area contributed by atoms with Crippen LogP contribution in [0, 0.1) is 13.8 Å². The molecule has 2 heterocycles. The van der Waals surface area contributed by atoms with E-state index in [9.17, 15) is 18.0 Å². The number of hydrogen-bond acceptors (Lipinski definition) is 3. The topological polar surface area (TPSA) is 41.4 Å². The number of nitrogens with zero attached hydrogens (tertiary/aromatic N) is 4. The van der Waals surface area contributed by atoms with E-state index in [1.807, 2.05) is 12.1 Å². The summed E-state index contributed by atoms with van der Waals surface area (Å²) in [5, 5.41) is 3.04. The van der Waals surface area contributed by atoms with Gasteiger partial charge in [-0.1, -0.05) is 35.9 Å². The van der Waals surface area contributed by atoms with Gasteiger partial charge >= 0.3 is 6.18 Å². The van der Waals surface area contributed by atoms with Gasteiger partial charge in [-0.15, -0.1) is 0 Å². The standard InChI is InChI=1S/C19H22ClF3N4O/c1-13-5-3-4-6-15(13)11-25-7-9-26(10-8-25)16(28)12-27-14(2)17(20)18(24-27)19(21,22)23/h3-6H,7-12H2,1-2H3. The van der Waals surface area contributed by atoms with E-state index < -0.39 is 16.9 Å². The fraction of sp³-hybridized carbons (Fsp3) is 0.474. The van der Waals surface area contributed by atoms with Crippen molar-refractivity contribution in [2.24, 2.45) is 0 Å². The molecule has 9 heteroatoms. The van der Waals surface area contributed by atoms with E-state index in [2.05, 4.69) is 29.1 Å². The maximum Gasteiger partial charge on any atom is 0.436 e. The Balaban J connectivity index is 1.58. The van der Waals surface area contributed by atoms with E-state index in [0.717, 1.165) is 11.2 Å². The molecule has 0 bridgehead atoms. The molecule has 28 heavy (non-hydrogen) atoms. The molecule has 0 aliphatic carbocycles. The summed E-state index contributed by atoms with van der Waals surface area (Å²) in [6, 6.07) is 8.18. The van der Waals surface area contributed by atoms with Crippen LogP contribution in [-0.2, 0) is 24.1 Å². The zero-order valence-corrected chi connectivity index (χ0v) is 16.5. The molecule has 2 aromatic rings. The highest BCUT2D eigenvalue weighted by molar-refractivity contribution is 6.32. The maximum absolute atomic E-state index is 12.9. The number of rotatable bonds is 4. The number of carbonyl (C=O) groups excluding carboxylic acids is 1. The lowest BCUT2D eigenvalue weighted by Gasteiger charge is -2.35. The fourth-order valence-corrected chi connectivity index (χ4v) is 3.51. The maximum atomic E-state index is 12.9. The molecule has 0 unspecified atom stereocenters. The van der Waals surface area contributed by atoms with Crippen LogP contribution >= 0.6 is 11.6 Å².